The van der Waals surface area contributed by atoms with E-state index in [1.54, 1.807) is 0 Å². The molecular weight excluding hydrogens is 370 g/mol. The van der Waals surface area contributed by atoms with Gasteiger partial charge in [0.25, 0.3) is 0 Å². The van der Waals surface area contributed by atoms with E-state index >= 15 is 0 Å². The Morgan fingerprint density at radius 1 is 0.947 bits per heavy atom. The Kier molecular flexibility index (Phi) is 5.43. The van der Waals surface area contributed by atoms with Crippen LogP contribution in [0.5, 0.6) is 5.75 Å². The maximum Gasteiger partial charge on any atom is 0.148 e. The molecule has 2 rings (SSSR count). The van der Waals surface area contributed by atoms with Crippen LogP contribution in [0.2, 0.25) is 0 Å². The van der Waals surface area contributed by atoms with Gasteiger partial charge in [-0.3, -0.25) is 0 Å². The summed E-state index contributed by atoms with van der Waals surface area (Å²) in [5, 5.41) is 0. The van der Waals surface area contributed by atoms with Crippen LogP contribution in [-0.4, -0.2) is 6.54 Å². The van der Waals surface area contributed by atoms with Crippen LogP contribution in [0.4, 0.5) is 0 Å². The highest BCUT2D eigenvalue weighted by atomic mass is 79.9. The molecular formula is C15H15Br2NO. The summed E-state index contributed by atoms with van der Waals surface area (Å²) in [4.78, 5) is 0. The van der Waals surface area contributed by atoms with Crippen molar-refractivity contribution in [3.8, 4) is 5.75 Å². The van der Waals surface area contributed by atoms with Gasteiger partial charge in [-0.15, -0.1) is 0 Å². The van der Waals surface area contributed by atoms with Crippen LogP contribution in [0.25, 0.3) is 0 Å². The van der Waals surface area contributed by atoms with E-state index in [1.807, 2.05) is 30.3 Å². The van der Waals surface area contributed by atoms with Gasteiger partial charge >= 0.3 is 0 Å². The smallest absolute Gasteiger partial charge is 0.148 e. The summed E-state index contributed by atoms with van der Waals surface area (Å²) in [6.45, 7) is 1.19. The molecule has 0 aliphatic rings. The van der Waals surface area contributed by atoms with E-state index in [4.69, 9.17) is 10.5 Å². The molecule has 0 saturated carbocycles. The highest BCUT2D eigenvalue weighted by Crippen LogP contribution is 2.35. The molecule has 0 aliphatic heterocycles. The first-order chi connectivity index (χ1) is 9.20. The summed E-state index contributed by atoms with van der Waals surface area (Å²) < 4.78 is 7.75. The predicted octanol–water partition coefficient (Wildman–Crippen LogP) is 4.29. The lowest BCUT2D eigenvalue weighted by molar-refractivity contribution is 0.302. The third kappa shape index (κ3) is 4.06. The largest absolute Gasteiger partial charge is 0.487 e. The molecule has 100 valence electrons. The molecule has 2 aromatic carbocycles. The van der Waals surface area contributed by atoms with Crippen LogP contribution in [-0.2, 0) is 13.0 Å². The Morgan fingerprint density at radius 2 is 1.58 bits per heavy atom. The molecule has 0 bridgehead atoms. The van der Waals surface area contributed by atoms with Crippen LogP contribution < -0.4 is 10.5 Å². The summed E-state index contributed by atoms with van der Waals surface area (Å²) in [5.74, 6) is 0.824. The van der Waals surface area contributed by atoms with Crippen molar-refractivity contribution in [3.63, 3.8) is 0 Å². The second-order valence-electron chi connectivity index (χ2n) is 4.20. The van der Waals surface area contributed by atoms with Crippen LogP contribution >= 0.6 is 31.9 Å². The Balaban J connectivity index is 2.12. The molecule has 2 nitrogen and oxygen atoms in total. The first kappa shape index (κ1) is 14.6. The quantitative estimate of drug-likeness (QED) is 0.834. The first-order valence-electron chi connectivity index (χ1n) is 6.05. The predicted molar refractivity (Wildman–Crippen MR) is 85.4 cm³/mol. The van der Waals surface area contributed by atoms with Gasteiger partial charge < -0.3 is 10.5 Å². The lowest BCUT2D eigenvalue weighted by Gasteiger charge is -2.12. The lowest BCUT2D eigenvalue weighted by Crippen LogP contribution is -2.03. The Bertz CT molecular complexity index is 520. The summed E-state index contributed by atoms with van der Waals surface area (Å²) in [7, 11) is 0. The molecule has 0 fully saturated rings. The third-order valence-corrected chi connectivity index (χ3v) is 3.90. The number of hydrogen-bond acceptors (Lipinski definition) is 2. The highest BCUT2D eigenvalue weighted by Gasteiger charge is 2.09. The minimum absolute atomic E-state index is 0.550. The zero-order valence-corrected chi connectivity index (χ0v) is 13.6. The number of hydrogen-bond donors (Lipinski definition) is 1. The maximum absolute atomic E-state index is 5.86. The van der Waals surface area contributed by atoms with E-state index in [0.717, 1.165) is 26.7 Å². The maximum atomic E-state index is 5.86. The molecule has 0 saturated heterocycles. The van der Waals surface area contributed by atoms with Gasteiger partial charge in [-0.2, -0.15) is 0 Å². The average Bonchev–Trinajstić information content (AvgIpc) is 2.39. The monoisotopic (exact) mass is 383 g/mol. The molecule has 0 amide bonds. The molecule has 19 heavy (non-hydrogen) atoms. The van der Waals surface area contributed by atoms with Crippen molar-refractivity contribution in [2.45, 2.75) is 13.0 Å². The first-order valence-corrected chi connectivity index (χ1v) is 7.64. The molecule has 0 unspecified atom stereocenters. The van der Waals surface area contributed by atoms with Gasteiger partial charge in [-0.05, 0) is 68.1 Å². The lowest BCUT2D eigenvalue weighted by atomic mass is 10.1. The molecule has 0 heterocycles. The van der Waals surface area contributed by atoms with Gasteiger partial charge in [-0.1, -0.05) is 30.3 Å². The summed E-state index contributed by atoms with van der Waals surface area (Å²) in [6, 6.07) is 14.2. The average molecular weight is 385 g/mol. The second kappa shape index (κ2) is 7.08. The standard InChI is InChI=1S/C15H15Br2NO/c16-13-8-12(6-7-18)9-14(17)15(13)19-10-11-4-2-1-3-5-11/h1-5,8-9H,6-7,10,18H2. The van der Waals surface area contributed by atoms with Crippen molar-refractivity contribution >= 4 is 31.9 Å². The second-order valence-corrected chi connectivity index (χ2v) is 5.91. The zero-order valence-electron chi connectivity index (χ0n) is 10.4. The normalized spacial score (nSPS) is 10.5. The highest BCUT2D eigenvalue weighted by molar-refractivity contribution is 9.11. The molecule has 0 spiro atoms. The van der Waals surface area contributed by atoms with Gasteiger partial charge in [0, 0.05) is 0 Å². The fourth-order valence-electron chi connectivity index (χ4n) is 1.79. The zero-order chi connectivity index (χ0) is 13.7. The number of ether oxygens (including phenoxy) is 1. The summed E-state index contributed by atoms with van der Waals surface area (Å²) >= 11 is 7.09. The van der Waals surface area contributed by atoms with Crippen LogP contribution in [0, 0.1) is 0 Å². The van der Waals surface area contributed by atoms with Crippen LogP contribution in [0.1, 0.15) is 11.1 Å². The van der Waals surface area contributed by atoms with E-state index in [9.17, 15) is 0 Å². The number of rotatable bonds is 5. The van der Waals surface area contributed by atoms with E-state index in [1.165, 1.54) is 5.56 Å². The third-order valence-electron chi connectivity index (χ3n) is 2.72. The van der Waals surface area contributed by atoms with Crippen molar-refractivity contribution in [1.29, 1.82) is 0 Å². The van der Waals surface area contributed by atoms with Crippen molar-refractivity contribution < 1.29 is 4.74 Å². The molecule has 0 aliphatic carbocycles. The summed E-state index contributed by atoms with van der Waals surface area (Å²) in [5.41, 5.74) is 7.91. The van der Waals surface area contributed by atoms with Crippen molar-refractivity contribution in [1.82, 2.24) is 0 Å². The minimum Gasteiger partial charge on any atom is -0.487 e. The molecule has 0 atom stereocenters. The number of halogens is 2. The number of nitrogens with two attached hydrogens (primary N) is 1. The van der Waals surface area contributed by atoms with Crippen molar-refractivity contribution in [2.75, 3.05) is 6.54 Å². The van der Waals surface area contributed by atoms with Gasteiger partial charge in [0.2, 0.25) is 0 Å². The van der Waals surface area contributed by atoms with Crippen LogP contribution in [0.3, 0.4) is 0 Å². The number of benzene rings is 2. The fourth-order valence-corrected chi connectivity index (χ4v) is 3.30. The molecule has 2 aromatic rings. The summed E-state index contributed by atoms with van der Waals surface area (Å²) in [6.07, 6.45) is 0.857. The van der Waals surface area contributed by atoms with Gasteiger partial charge in [0.05, 0.1) is 8.95 Å². The Morgan fingerprint density at radius 3 is 2.16 bits per heavy atom. The van der Waals surface area contributed by atoms with Gasteiger partial charge in [-0.25, -0.2) is 0 Å². The molecule has 0 aromatic heterocycles. The molecule has 0 radical (unpaired) electrons. The van der Waals surface area contributed by atoms with Gasteiger partial charge in [0.1, 0.15) is 12.4 Å². The SMILES string of the molecule is NCCc1cc(Br)c(OCc2ccccc2)c(Br)c1. The van der Waals surface area contributed by atoms with E-state index in [-0.39, 0.29) is 0 Å². The molecule has 4 heteroatoms. The van der Waals surface area contributed by atoms with E-state index < -0.39 is 0 Å². The molecule has 2 N–H and O–H groups in total. The van der Waals surface area contributed by atoms with Crippen molar-refractivity contribution in [2.24, 2.45) is 5.73 Å². The van der Waals surface area contributed by atoms with Gasteiger partial charge in [0.15, 0.2) is 0 Å². The van der Waals surface area contributed by atoms with Crippen molar-refractivity contribution in [3.05, 3.63) is 62.5 Å². The van der Waals surface area contributed by atoms with E-state index in [0.29, 0.717) is 13.2 Å². The van der Waals surface area contributed by atoms with E-state index in [2.05, 4.69) is 44.0 Å². The Hall–Kier alpha value is -0.840. The Labute approximate surface area is 130 Å². The topological polar surface area (TPSA) is 35.2 Å². The van der Waals surface area contributed by atoms with Crippen LogP contribution in [0.15, 0.2) is 51.4 Å². The fraction of sp³-hybridized carbons (Fsp3) is 0.200. The minimum atomic E-state index is 0.550.